The first-order chi connectivity index (χ1) is 13.9. The van der Waals surface area contributed by atoms with Crippen molar-refractivity contribution in [2.24, 2.45) is 0 Å². The molecule has 0 fully saturated rings. The molecular weight excluding hydrogens is 410 g/mol. The number of hydrogen-bond acceptors (Lipinski definition) is 6. The molecule has 0 aliphatic rings. The van der Waals surface area contributed by atoms with Crippen LogP contribution in [-0.2, 0) is 14.8 Å². The molecule has 0 saturated heterocycles. The Kier molecular flexibility index (Phi) is 6.50. The van der Waals surface area contributed by atoms with Crippen molar-refractivity contribution in [3.63, 3.8) is 0 Å². The van der Waals surface area contributed by atoms with Crippen LogP contribution in [0.1, 0.15) is 18.9 Å². The molecule has 3 aromatic rings. The highest BCUT2D eigenvalue weighted by Gasteiger charge is 2.20. The van der Waals surface area contributed by atoms with E-state index in [2.05, 4.69) is 15.0 Å². The lowest BCUT2D eigenvalue weighted by Gasteiger charge is -2.17. The van der Waals surface area contributed by atoms with Crippen molar-refractivity contribution in [3.05, 3.63) is 65.7 Å². The molecule has 2 aromatic carbocycles. The Balaban J connectivity index is 1.64. The zero-order valence-corrected chi connectivity index (χ0v) is 17.6. The molecule has 2 N–H and O–H groups in total. The second-order valence-electron chi connectivity index (χ2n) is 6.28. The Morgan fingerprint density at radius 2 is 1.83 bits per heavy atom. The average Bonchev–Trinajstić information content (AvgIpc) is 3.20. The number of anilines is 2. The molecule has 9 heteroatoms. The van der Waals surface area contributed by atoms with Gasteiger partial charge in [-0.15, -0.1) is 11.3 Å². The van der Waals surface area contributed by atoms with Crippen LogP contribution in [0, 0.1) is 6.92 Å². The summed E-state index contributed by atoms with van der Waals surface area (Å²) in [6, 6.07) is 13.4. The van der Waals surface area contributed by atoms with Gasteiger partial charge in [-0.1, -0.05) is 24.6 Å². The number of ether oxygens (including phenoxy) is 1. The van der Waals surface area contributed by atoms with Crippen LogP contribution in [0.5, 0.6) is 5.75 Å². The molecule has 1 heterocycles. The van der Waals surface area contributed by atoms with Gasteiger partial charge >= 0.3 is 0 Å². The van der Waals surface area contributed by atoms with Gasteiger partial charge in [-0.05, 0) is 49.7 Å². The number of carbonyl (C=O) groups is 1. The lowest BCUT2D eigenvalue weighted by molar-refractivity contribution is -0.122. The maximum atomic E-state index is 12.5. The minimum atomic E-state index is -3.73. The molecule has 29 heavy (non-hydrogen) atoms. The molecule has 1 aromatic heterocycles. The number of thiazole rings is 1. The van der Waals surface area contributed by atoms with E-state index in [9.17, 15) is 13.2 Å². The Hall–Kier alpha value is -2.91. The number of benzene rings is 2. The van der Waals surface area contributed by atoms with E-state index in [0.717, 1.165) is 5.56 Å². The van der Waals surface area contributed by atoms with Crippen LogP contribution >= 0.6 is 11.3 Å². The maximum Gasteiger partial charge on any atom is 0.265 e. The second kappa shape index (κ2) is 9.06. The Bertz CT molecular complexity index is 1050. The van der Waals surface area contributed by atoms with Crippen LogP contribution in [0.2, 0.25) is 0 Å². The summed E-state index contributed by atoms with van der Waals surface area (Å²) in [4.78, 5) is 16.5. The molecule has 0 saturated carbocycles. The minimum absolute atomic E-state index is 0.0774. The zero-order chi connectivity index (χ0) is 20.9. The molecule has 0 radical (unpaired) electrons. The molecule has 0 spiro atoms. The summed E-state index contributed by atoms with van der Waals surface area (Å²) in [5.74, 6) is 0.317. The van der Waals surface area contributed by atoms with Gasteiger partial charge in [0, 0.05) is 17.3 Å². The predicted octanol–water partition coefficient (Wildman–Crippen LogP) is 4.05. The number of hydrogen-bond donors (Lipinski definition) is 2. The quantitative estimate of drug-likeness (QED) is 0.561. The van der Waals surface area contributed by atoms with Gasteiger partial charge in [0.15, 0.2) is 11.2 Å². The van der Waals surface area contributed by atoms with Gasteiger partial charge in [-0.2, -0.15) is 0 Å². The van der Waals surface area contributed by atoms with Gasteiger partial charge in [0.2, 0.25) is 0 Å². The van der Waals surface area contributed by atoms with Crippen LogP contribution in [0.4, 0.5) is 10.8 Å². The molecule has 0 aliphatic heterocycles. The van der Waals surface area contributed by atoms with Crippen LogP contribution < -0.4 is 14.8 Å². The van der Waals surface area contributed by atoms with Crippen molar-refractivity contribution >= 4 is 38.1 Å². The molecule has 1 amide bonds. The van der Waals surface area contributed by atoms with Gasteiger partial charge < -0.3 is 10.1 Å². The first-order valence-corrected chi connectivity index (χ1v) is 11.3. The number of rotatable bonds is 8. The molecule has 1 atom stereocenters. The Morgan fingerprint density at radius 1 is 1.14 bits per heavy atom. The van der Waals surface area contributed by atoms with Crippen molar-refractivity contribution in [2.75, 3.05) is 10.0 Å². The molecular formula is C20H21N3O4S2. The third-order valence-electron chi connectivity index (χ3n) is 4.05. The zero-order valence-electron chi connectivity index (χ0n) is 16.0. The van der Waals surface area contributed by atoms with Gasteiger partial charge in [-0.25, -0.2) is 13.4 Å². The lowest BCUT2D eigenvalue weighted by Crippen LogP contribution is -2.32. The van der Waals surface area contributed by atoms with Crippen LogP contribution in [0.15, 0.2) is 65.0 Å². The van der Waals surface area contributed by atoms with Crippen molar-refractivity contribution in [1.29, 1.82) is 0 Å². The number of nitrogens with zero attached hydrogens (tertiary/aromatic N) is 1. The van der Waals surface area contributed by atoms with Crippen molar-refractivity contribution in [1.82, 2.24) is 4.98 Å². The number of sulfonamides is 1. The number of aryl methyl sites for hydroxylation is 1. The van der Waals surface area contributed by atoms with Gasteiger partial charge in [-0.3, -0.25) is 9.52 Å². The number of amides is 1. The summed E-state index contributed by atoms with van der Waals surface area (Å²) in [5.41, 5.74) is 1.59. The Morgan fingerprint density at radius 3 is 2.41 bits per heavy atom. The highest BCUT2D eigenvalue weighted by molar-refractivity contribution is 7.93. The topological polar surface area (TPSA) is 97.4 Å². The summed E-state index contributed by atoms with van der Waals surface area (Å²) >= 11 is 1.19. The second-order valence-corrected chi connectivity index (χ2v) is 8.86. The first kappa shape index (κ1) is 20.8. The largest absolute Gasteiger partial charge is 0.481 e. The SMILES string of the molecule is CC[C@@H](Oc1ccc(C)cc1)C(=O)Nc1ccc(S(=O)(=O)Nc2nccs2)cc1. The monoisotopic (exact) mass is 431 g/mol. The van der Waals surface area contributed by atoms with Crippen LogP contribution in [-0.4, -0.2) is 25.4 Å². The number of carbonyl (C=O) groups excluding carboxylic acids is 1. The minimum Gasteiger partial charge on any atom is -0.481 e. The average molecular weight is 432 g/mol. The summed E-state index contributed by atoms with van der Waals surface area (Å²) in [7, 11) is -3.73. The molecule has 0 unspecified atom stereocenters. The van der Waals surface area contributed by atoms with Crippen molar-refractivity contribution in [3.8, 4) is 5.75 Å². The smallest absolute Gasteiger partial charge is 0.265 e. The van der Waals surface area contributed by atoms with Crippen molar-refractivity contribution < 1.29 is 17.9 Å². The normalized spacial score (nSPS) is 12.2. The summed E-state index contributed by atoms with van der Waals surface area (Å²) in [6.07, 6.45) is 1.35. The lowest BCUT2D eigenvalue weighted by atomic mass is 10.2. The van der Waals surface area contributed by atoms with Gasteiger partial charge in [0.05, 0.1) is 4.90 Å². The fourth-order valence-electron chi connectivity index (χ4n) is 2.49. The van der Waals surface area contributed by atoms with E-state index < -0.39 is 16.1 Å². The van der Waals surface area contributed by atoms with E-state index in [1.54, 1.807) is 5.38 Å². The van der Waals surface area contributed by atoms with E-state index in [-0.39, 0.29) is 10.8 Å². The van der Waals surface area contributed by atoms with E-state index in [4.69, 9.17) is 4.74 Å². The third-order valence-corrected chi connectivity index (χ3v) is 6.22. The Labute approximate surface area is 173 Å². The molecule has 7 nitrogen and oxygen atoms in total. The fourth-order valence-corrected chi connectivity index (χ4v) is 4.28. The van der Waals surface area contributed by atoms with Crippen molar-refractivity contribution in [2.45, 2.75) is 31.3 Å². The van der Waals surface area contributed by atoms with E-state index in [0.29, 0.717) is 23.0 Å². The third kappa shape index (κ3) is 5.55. The van der Waals surface area contributed by atoms with Crippen LogP contribution in [0.3, 0.4) is 0 Å². The van der Waals surface area contributed by atoms with E-state index in [1.807, 2.05) is 38.1 Å². The standard InChI is InChI=1S/C20H21N3O4S2/c1-3-18(27-16-8-4-14(2)5-9-16)19(24)22-15-6-10-17(11-7-15)29(25,26)23-20-21-12-13-28-20/h4-13,18H,3H2,1-2H3,(H,21,23)(H,22,24)/t18-/m1/s1. The van der Waals surface area contributed by atoms with Gasteiger partial charge in [0.25, 0.3) is 15.9 Å². The number of aromatic nitrogens is 1. The molecule has 152 valence electrons. The highest BCUT2D eigenvalue weighted by atomic mass is 32.2. The molecule has 0 bridgehead atoms. The van der Waals surface area contributed by atoms with Crippen LogP contribution in [0.25, 0.3) is 0 Å². The highest BCUT2D eigenvalue weighted by Crippen LogP contribution is 2.20. The summed E-state index contributed by atoms with van der Waals surface area (Å²) in [5, 5.41) is 4.73. The fraction of sp³-hybridized carbons (Fsp3) is 0.200. The van der Waals surface area contributed by atoms with E-state index in [1.165, 1.54) is 41.8 Å². The number of nitrogens with one attached hydrogen (secondary N) is 2. The summed E-state index contributed by atoms with van der Waals surface area (Å²) < 4.78 is 32.9. The molecule has 3 rings (SSSR count). The van der Waals surface area contributed by atoms with E-state index >= 15 is 0 Å². The summed E-state index contributed by atoms with van der Waals surface area (Å²) in [6.45, 7) is 3.84. The molecule has 0 aliphatic carbocycles. The van der Waals surface area contributed by atoms with Gasteiger partial charge in [0.1, 0.15) is 5.75 Å². The predicted molar refractivity (Wildman–Crippen MR) is 114 cm³/mol. The maximum absolute atomic E-state index is 12.5. The first-order valence-electron chi connectivity index (χ1n) is 8.94.